The fourth-order valence-electron chi connectivity index (χ4n) is 12.5. The zero-order valence-electron chi connectivity index (χ0n) is 73.8. The fraction of sp³-hybridized carbons (Fsp3) is 0.687. The van der Waals surface area contributed by atoms with Gasteiger partial charge in [-0.3, -0.25) is 32.5 Å². The van der Waals surface area contributed by atoms with Gasteiger partial charge in [-0.05, 0) is 148 Å². The second-order valence-corrected chi connectivity index (χ2v) is 33.6. The Balaban J connectivity index is 4.45. The van der Waals surface area contributed by atoms with E-state index in [2.05, 4.69) is 191 Å². The van der Waals surface area contributed by atoms with Crippen molar-refractivity contribution in [1.29, 1.82) is 0 Å². The predicted octanol–water partition coefficient (Wildman–Crippen LogP) is 28.7. The monoisotopic (exact) mass is 1680 g/mol. The van der Waals surface area contributed by atoms with Gasteiger partial charge in [0.15, 0.2) is 6.10 Å². The smallest absolute Gasteiger partial charge is 0.463 e. The molecular formula is C99H168O16P2. The molecule has 0 heterocycles. The van der Waals surface area contributed by atoms with Crippen LogP contribution >= 0.6 is 15.6 Å². The van der Waals surface area contributed by atoms with Crippen LogP contribution in [0.3, 0.4) is 0 Å². The van der Waals surface area contributed by atoms with Crippen LogP contribution in [-0.2, 0) is 55.8 Å². The number of phosphoric acid groups is 2. The zero-order chi connectivity index (χ0) is 85.1. The van der Waals surface area contributed by atoms with Crippen molar-refractivity contribution in [2.24, 2.45) is 0 Å². The maximum atomic E-state index is 13.0. The van der Waals surface area contributed by atoms with E-state index in [4.69, 9.17) is 32.3 Å². The van der Waals surface area contributed by atoms with Crippen molar-refractivity contribution < 1.29 is 75.8 Å². The molecule has 670 valence electrons. The van der Waals surface area contributed by atoms with E-state index >= 15 is 0 Å². The van der Waals surface area contributed by atoms with Gasteiger partial charge in [0.2, 0.25) is 0 Å². The molecule has 0 fully saturated rings. The first-order valence-corrected chi connectivity index (χ1v) is 49.4. The lowest BCUT2D eigenvalue weighted by molar-refractivity contribution is -0.161. The van der Waals surface area contributed by atoms with E-state index in [1.54, 1.807) is 0 Å². The minimum absolute atomic E-state index is 0.0833. The SMILES string of the molecule is CC/C=C\C/C=C\C/C=C\C/C=C\C/C=C\C/C=C\CCCCCCCCCCCCCCCCC(=O)OCC(O)COP(=O)(O)OCC(O)COP(=O)(O)OCC(COC(=O)CCCCCCCCCCCCCCCCCCC/C=C\C/C=C\C/C=C\C/C=C\C/C=C\CC)OC(=O)CCCCCCC/C=C\C/C=C\C/C=C\CC. The summed E-state index contributed by atoms with van der Waals surface area (Å²) in [6, 6.07) is 0. The number of rotatable bonds is 87. The van der Waals surface area contributed by atoms with Crippen molar-refractivity contribution in [2.45, 2.75) is 399 Å². The molecule has 0 aliphatic rings. The third-order valence-corrected chi connectivity index (χ3v) is 21.3. The van der Waals surface area contributed by atoms with Crippen molar-refractivity contribution in [3.05, 3.63) is 170 Å². The van der Waals surface area contributed by atoms with Crippen molar-refractivity contribution in [3.63, 3.8) is 0 Å². The first-order valence-electron chi connectivity index (χ1n) is 46.4. The fourth-order valence-corrected chi connectivity index (χ4v) is 14.1. The summed E-state index contributed by atoms with van der Waals surface area (Å²) in [5.41, 5.74) is 0. The van der Waals surface area contributed by atoms with Crippen LogP contribution in [0.15, 0.2) is 170 Å². The number of phosphoric ester groups is 2. The Bertz CT molecular complexity index is 2810. The molecule has 5 atom stereocenters. The Kier molecular flexibility index (Phi) is 86.2. The average Bonchev–Trinajstić information content (AvgIpc) is 0.874. The maximum absolute atomic E-state index is 13.0. The molecule has 0 aliphatic carbocycles. The van der Waals surface area contributed by atoms with Gasteiger partial charge in [-0.2, -0.15) is 0 Å². The molecule has 0 bridgehead atoms. The molecule has 5 unspecified atom stereocenters. The van der Waals surface area contributed by atoms with Gasteiger partial charge in [-0.15, -0.1) is 0 Å². The van der Waals surface area contributed by atoms with Crippen LogP contribution in [0.25, 0.3) is 0 Å². The largest absolute Gasteiger partial charge is 0.472 e. The molecule has 0 aromatic heterocycles. The molecule has 0 saturated heterocycles. The van der Waals surface area contributed by atoms with Crippen LogP contribution in [0.5, 0.6) is 0 Å². The Morgan fingerprint density at radius 1 is 0.239 bits per heavy atom. The van der Waals surface area contributed by atoms with Crippen molar-refractivity contribution in [2.75, 3.05) is 39.6 Å². The predicted molar refractivity (Wildman–Crippen MR) is 491 cm³/mol. The third kappa shape index (κ3) is 91.5. The highest BCUT2D eigenvalue weighted by Crippen LogP contribution is 2.45. The van der Waals surface area contributed by atoms with Crippen LogP contribution in [0.4, 0.5) is 0 Å². The lowest BCUT2D eigenvalue weighted by Gasteiger charge is -2.21. The number of carbonyl (C=O) groups excluding carboxylic acids is 3. The molecule has 117 heavy (non-hydrogen) atoms. The van der Waals surface area contributed by atoms with E-state index in [1.807, 2.05) is 0 Å². The second kappa shape index (κ2) is 90.2. The Morgan fingerprint density at radius 3 is 0.675 bits per heavy atom. The van der Waals surface area contributed by atoms with Crippen LogP contribution in [0, 0.1) is 0 Å². The molecule has 0 amide bonds. The summed E-state index contributed by atoms with van der Waals surface area (Å²) in [6.45, 7) is 2.36. The summed E-state index contributed by atoms with van der Waals surface area (Å²) in [5, 5.41) is 20.7. The van der Waals surface area contributed by atoms with Gasteiger partial charge in [0.1, 0.15) is 25.4 Å². The quantitative estimate of drug-likeness (QED) is 0.0146. The number of aliphatic hydroxyl groups excluding tert-OH is 2. The molecule has 0 aromatic carbocycles. The minimum atomic E-state index is -4.94. The lowest BCUT2D eigenvalue weighted by Crippen LogP contribution is -2.30. The molecule has 0 aromatic rings. The van der Waals surface area contributed by atoms with Crippen LogP contribution < -0.4 is 0 Å². The minimum Gasteiger partial charge on any atom is -0.463 e. The second-order valence-electron chi connectivity index (χ2n) is 30.7. The van der Waals surface area contributed by atoms with Gasteiger partial charge in [-0.1, -0.05) is 384 Å². The molecule has 0 spiro atoms. The Labute approximate surface area is 713 Å². The van der Waals surface area contributed by atoms with Gasteiger partial charge < -0.3 is 34.2 Å². The standard InChI is InChI=1S/C99H168O16P2/c1-4-7-10-13-16-19-22-25-28-30-32-34-36-38-40-42-44-46-48-50-52-54-56-58-60-62-65-67-70-73-76-79-82-85-97(102)109-88-94(100)89-111-116(105,106)112-90-95(101)91-113-117(107,108)114-93-96(115-99(104)87-84-81-78-75-72-69-64-27-24-21-18-15-12-9-6-3)92-110-98(103)86-83-80-77-74-71-68-66-63-61-59-57-55-53-51-49-47-45-43-41-39-37-35-33-31-29-26-23-20-17-14-11-8-5-2/h7-12,16-21,25-29,32-35,38-41,44,46,64,94-96,100-101H,4-6,13-15,22-24,30-31,36-37,42-43,45,47-63,65-93H2,1-3H3,(H,105,106)(H,107,108)/b10-7-,11-8-,12-9-,19-16-,20-17-,21-18-,28-25-,29-26-,34-32-,35-33-,40-38-,41-39-,46-44-,64-27-. The molecular weight excluding hydrogens is 1510 g/mol. The number of esters is 3. The zero-order valence-corrected chi connectivity index (χ0v) is 75.6. The average molecular weight is 1680 g/mol. The lowest BCUT2D eigenvalue weighted by atomic mass is 10.0. The number of aliphatic hydroxyl groups is 2. The van der Waals surface area contributed by atoms with Gasteiger partial charge >= 0.3 is 33.6 Å². The third-order valence-electron chi connectivity index (χ3n) is 19.4. The summed E-state index contributed by atoms with van der Waals surface area (Å²) < 4.78 is 61.4. The van der Waals surface area contributed by atoms with Crippen LogP contribution in [0.2, 0.25) is 0 Å². The highest BCUT2D eigenvalue weighted by molar-refractivity contribution is 7.47. The number of unbranched alkanes of at least 4 members (excludes halogenated alkanes) is 36. The number of ether oxygens (including phenoxy) is 3. The van der Waals surface area contributed by atoms with E-state index in [-0.39, 0.29) is 19.3 Å². The van der Waals surface area contributed by atoms with Gasteiger partial charge in [0.25, 0.3) is 0 Å². The highest BCUT2D eigenvalue weighted by atomic mass is 31.2. The number of allylic oxidation sites excluding steroid dienone is 28. The molecule has 4 N–H and O–H groups in total. The van der Waals surface area contributed by atoms with Gasteiger partial charge in [-0.25, -0.2) is 9.13 Å². The van der Waals surface area contributed by atoms with E-state index < -0.39 is 91.5 Å². The topological polar surface area (TPSA) is 231 Å². The normalized spacial score (nSPS) is 14.6. The van der Waals surface area contributed by atoms with Gasteiger partial charge in [0.05, 0.1) is 26.4 Å². The van der Waals surface area contributed by atoms with E-state index in [0.717, 1.165) is 167 Å². The molecule has 0 rings (SSSR count). The molecule has 0 radical (unpaired) electrons. The molecule has 18 heteroatoms. The number of carbonyl (C=O) groups is 3. The van der Waals surface area contributed by atoms with E-state index in [9.17, 15) is 43.5 Å². The first-order chi connectivity index (χ1) is 57.2. The summed E-state index contributed by atoms with van der Waals surface area (Å²) in [6.07, 6.45) is 117. The molecule has 0 saturated carbocycles. The van der Waals surface area contributed by atoms with E-state index in [1.165, 1.54) is 154 Å². The summed E-state index contributed by atoms with van der Waals surface area (Å²) >= 11 is 0. The maximum Gasteiger partial charge on any atom is 0.472 e. The highest BCUT2D eigenvalue weighted by Gasteiger charge is 2.29. The molecule has 16 nitrogen and oxygen atoms in total. The summed E-state index contributed by atoms with van der Waals surface area (Å²) in [5.74, 6) is -1.59. The van der Waals surface area contributed by atoms with Crippen molar-refractivity contribution >= 4 is 33.6 Å². The first kappa shape index (κ1) is 112. The van der Waals surface area contributed by atoms with Gasteiger partial charge in [0, 0.05) is 19.3 Å². The summed E-state index contributed by atoms with van der Waals surface area (Å²) in [4.78, 5) is 58.9. The van der Waals surface area contributed by atoms with Crippen LogP contribution in [-0.4, -0.2) is 95.9 Å². The van der Waals surface area contributed by atoms with Crippen LogP contribution in [0.1, 0.15) is 380 Å². The number of hydrogen-bond donors (Lipinski definition) is 4. The van der Waals surface area contributed by atoms with E-state index in [0.29, 0.717) is 19.3 Å². The van der Waals surface area contributed by atoms with Crippen molar-refractivity contribution in [1.82, 2.24) is 0 Å². The van der Waals surface area contributed by atoms with Crippen molar-refractivity contribution in [3.8, 4) is 0 Å². The Morgan fingerprint density at radius 2 is 0.427 bits per heavy atom. The molecule has 0 aliphatic heterocycles. The Hall–Kier alpha value is -5.09. The number of hydrogen-bond acceptors (Lipinski definition) is 14. The summed E-state index contributed by atoms with van der Waals surface area (Å²) in [7, 11) is -9.81.